The Bertz CT molecular complexity index is 639. The third kappa shape index (κ3) is 2.89. The summed E-state index contributed by atoms with van der Waals surface area (Å²) in [5.41, 5.74) is -0.845. The number of rotatable bonds is 6. The molecule has 1 heterocycles. The lowest BCUT2D eigenvalue weighted by Gasteiger charge is -2.52. The van der Waals surface area contributed by atoms with Crippen LogP contribution in [0.1, 0.15) is 44.1 Å². The van der Waals surface area contributed by atoms with E-state index in [4.69, 9.17) is 13.6 Å². The minimum absolute atomic E-state index is 0.202. The average molecular weight is 398 g/mol. The number of benzene rings is 1. The maximum absolute atomic E-state index is 14.5. The maximum atomic E-state index is 14.5. The fourth-order valence-corrected chi connectivity index (χ4v) is 8.44. The van der Waals surface area contributed by atoms with Crippen molar-refractivity contribution in [3.05, 3.63) is 34.6 Å². The molecule has 3 nitrogen and oxygen atoms in total. The highest BCUT2D eigenvalue weighted by Gasteiger charge is 2.64. The summed E-state index contributed by atoms with van der Waals surface area (Å²) < 4.78 is 87.2. The number of ether oxygens (including phenoxy) is 1. The summed E-state index contributed by atoms with van der Waals surface area (Å²) in [7, 11) is 1.06. The molecule has 148 valence electrons. The van der Waals surface area contributed by atoms with Crippen LogP contribution in [0.15, 0.2) is 0 Å². The molecule has 0 aromatic heterocycles. The Morgan fingerprint density at radius 2 is 1.42 bits per heavy atom. The van der Waals surface area contributed by atoms with Gasteiger partial charge in [0, 0.05) is 32.8 Å². The molecule has 0 N–H and O–H groups in total. The van der Waals surface area contributed by atoms with Crippen LogP contribution in [0.2, 0.25) is 6.04 Å². The lowest BCUT2D eigenvalue weighted by atomic mass is 9.84. The van der Waals surface area contributed by atoms with Gasteiger partial charge in [0.1, 0.15) is 5.22 Å². The van der Waals surface area contributed by atoms with Crippen molar-refractivity contribution >= 4 is 8.56 Å². The molecule has 0 spiro atoms. The van der Waals surface area contributed by atoms with Crippen molar-refractivity contribution in [2.75, 3.05) is 21.3 Å². The summed E-state index contributed by atoms with van der Waals surface area (Å²) in [5, 5.41) is -1.28. The van der Waals surface area contributed by atoms with Crippen LogP contribution in [-0.4, -0.2) is 35.1 Å². The van der Waals surface area contributed by atoms with E-state index in [0.717, 1.165) is 0 Å². The first-order valence-electron chi connectivity index (χ1n) is 8.43. The summed E-state index contributed by atoms with van der Waals surface area (Å²) in [5.74, 6) is -10.8. The Morgan fingerprint density at radius 1 is 0.923 bits per heavy atom. The SMILES string of the molecule is CCCC1(OC)C(c2c(F)c(F)c(F)c(F)c2F)CCC[Si]1(OC)OC. The minimum atomic E-state index is -3.17. The van der Waals surface area contributed by atoms with Crippen LogP contribution in [0.5, 0.6) is 0 Å². The molecule has 1 aromatic carbocycles. The fourth-order valence-electron chi connectivity index (χ4n) is 4.32. The Balaban J connectivity index is 2.78. The number of halogens is 5. The average Bonchev–Trinajstić information content (AvgIpc) is 2.66. The number of hydrogen-bond donors (Lipinski definition) is 0. The molecule has 0 radical (unpaired) electrons. The van der Waals surface area contributed by atoms with Gasteiger partial charge in [-0.2, -0.15) is 0 Å². The van der Waals surface area contributed by atoms with Crippen molar-refractivity contribution in [1.29, 1.82) is 0 Å². The zero-order valence-electron chi connectivity index (χ0n) is 15.2. The van der Waals surface area contributed by atoms with E-state index in [1.807, 2.05) is 6.92 Å². The van der Waals surface area contributed by atoms with E-state index >= 15 is 0 Å². The molecule has 1 aliphatic heterocycles. The van der Waals surface area contributed by atoms with Crippen LogP contribution < -0.4 is 0 Å². The van der Waals surface area contributed by atoms with Gasteiger partial charge in [-0.1, -0.05) is 19.8 Å². The third-order valence-corrected chi connectivity index (χ3v) is 9.87. The van der Waals surface area contributed by atoms with E-state index < -0.39 is 54.4 Å². The van der Waals surface area contributed by atoms with Gasteiger partial charge >= 0.3 is 8.56 Å². The second kappa shape index (κ2) is 7.91. The fraction of sp³-hybridized carbons (Fsp3) is 0.647. The van der Waals surface area contributed by atoms with E-state index in [9.17, 15) is 22.0 Å². The molecule has 0 bridgehead atoms. The summed E-state index contributed by atoms with van der Waals surface area (Å²) in [6.07, 6.45) is 1.53. The summed E-state index contributed by atoms with van der Waals surface area (Å²) in [6.45, 7) is 1.84. The molecule has 1 fully saturated rings. The zero-order valence-corrected chi connectivity index (χ0v) is 16.2. The summed E-state index contributed by atoms with van der Waals surface area (Å²) in [4.78, 5) is 0. The van der Waals surface area contributed by atoms with Crippen molar-refractivity contribution in [2.45, 2.75) is 49.8 Å². The van der Waals surface area contributed by atoms with Gasteiger partial charge in [-0.15, -0.1) is 0 Å². The normalized spacial score (nSPS) is 25.5. The molecule has 2 atom stereocenters. The van der Waals surface area contributed by atoms with Crippen molar-refractivity contribution < 1.29 is 35.5 Å². The molecule has 26 heavy (non-hydrogen) atoms. The molecule has 2 rings (SSSR count). The molecule has 0 amide bonds. The van der Waals surface area contributed by atoms with Gasteiger partial charge < -0.3 is 13.6 Å². The van der Waals surface area contributed by atoms with E-state index in [1.54, 1.807) is 0 Å². The van der Waals surface area contributed by atoms with Crippen molar-refractivity contribution in [3.63, 3.8) is 0 Å². The highest BCUT2D eigenvalue weighted by Crippen LogP contribution is 2.52. The van der Waals surface area contributed by atoms with Crippen molar-refractivity contribution in [3.8, 4) is 0 Å². The molecular formula is C17H23F5O3Si. The highest BCUT2D eigenvalue weighted by molar-refractivity contribution is 6.71. The van der Waals surface area contributed by atoms with Gasteiger partial charge in [0.15, 0.2) is 23.3 Å². The third-order valence-electron chi connectivity index (χ3n) is 5.44. The standard InChI is InChI=1S/C17H23F5O3Si/c1-5-8-17(23-2)10(7-6-9-26(17,24-3)25-4)11-12(18)14(20)16(22)15(21)13(11)19/h10H,5-9H2,1-4H3. The lowest BCUT2D eigenvalue weighted by molar-refractivity contribution is -0.0320. The van der Waals surface area contributed by atoms with E-state index in [0.29, 0.717) is 25.3 Å². The first-order chi connectivity index (χ1) is 12.3. The predicted molar refractivity (Wildman–Crippen MR) is 87.4 cm³/mol. The quantitative estimate of drug-likeness (QED) is 0.300. The molecular weight excluding hydrogens is 375 g/mol. The van der Waals surface area contributed by atoms with E-state index in [-0.39, 0.29) is 6.42 Å². The first kappa shape index (κ1) is 21.3. The second-order valence-corrected chi connectivity index (χ2v) is 10.1. The smallest absolute Gasteiger partial charge is 0.371 e. The van der Waals surface area contributed by atoms with Gasteiger partial charge in [0.2, 0.25) is 5.82 Å². The molecule has 0 aliphatic carbocycles. The molecule has 0 saturated carbocycles. The van der Waals surface area contributed by atoms with Crippen LogP contribution in [0, 0.1) is 29.1 Å². The Labute approximate surface area is 150 Å². The monoisotopic (exact) mass is 398 g/mol. The summed E-state index contributed by atoms with van der Waals surface area (Å²) in [6, 6.07) is 0.500. The Hall–Kier alpha value is -1.03. The van der Waals surface area contributed by atoms with E-state index in [2.05, 4.69) is 0 Å². The maximum Gasteiger partial charge on any atom is 0.371 e. The summed E-state index contributed by atoms with van der Waals surface area (Å²) >= 11 is 0. The number of methoxy groups -OCH3 is 1. The largest absolute Gasteiger partial charge is 0.396 e. The van der Waals surface area contributed by atoms with Crippen LogP contribution in [0.4, 0.5) is 22.0 Å². The minimum Gasteiger partial charge on any atom is -0.396 e. The second-order valence-electron chi connectivity index (χ2n) is 6.43. The van der Waals surface area contributed by atoms with Gasteiger partial charge in [0.25, 0.3) is 0 Å². The van der Waals surface area contributed by atoms with Crippen LogP contribution in [0.3, 0.4) is 0 Å². The molecule has 9 heteroatoms. The van der Waals surface area contributed by atoms with Gasteiger partial charge in [-0.3, -0.25) is 0 Å². The lowest BCUT2D eigenvalue weighted by Crippen LogP contribution is -2.67. The predicted octanol–water partition coefficient (Wildman–Crippen LogP) is 4.72. The van der Waals surface area contributed by atoms with Gasteiger partial charge in [0.05, 0.1) is 0 Å². The first-order valence-corrected chi connectivity index (χ1v) is 10.5. The highest BCUT2D eigenvalue weighted by atomic mass is 28.4. The Morgan fingerprint density at radius 3 is 1.85 bits per heavy atom. The molecule has 1 aliphatic rings. The van der Waals surface area contributed by atoms with Gasteiger partial charge in [-0.05, 0) is 18.9 Å². The Kier molecular flexibility index (Phi) is 6.47. The van der Waals surface area contributed by atoms with Crippen LogP contribution in [-0.2, 0) is 13.6 Å². The molecule has 1 aromatic rings. The van der Waals surface area contributed by atoms with Crippen LogP contribution in [0.25, 0.3) is 0 Å². The van der Waals surface area contributed by atoms with Crippen molar-refractivity contribution in [2.24, 2.45) is 0 Å². The molecule has 2 unspecified atom stereocenters. The van der Waals surface area contributed by atoms with Crippen LogP contribution >= 0.6 is 0 Å². The van der Waals surface area contributed by atoms with Gasteiger partial charge in [-0.25, -0.2) is 22.0 Å². The number of hydrogen-bond acceptors (Lipinski definition) is 3. The van der Waals surface area contributed by atoms with Crippen molar-refractivity contribution in [1.82, 2.24) is 0 Å². The molecule has 1 saturated heterocycles. The topological polar surface area (TPSA) is 27.7 Å². The van der Waals surface area contributed by atoms with E-state index in [1.165, 1.54) is 21.3 Å². The zero-order chi connectivity index (χ0) is 19.7.